The molecule has 1 amide bonds. The zero-order chi connectivity index (χ0) is 19.2. The summed E-state index contributed by atoms with van der Waals surface area (Å²) in [4.78, 5) is 12.9. The standard InChI is InChI=1S/C22H25N5O.ClH/c28-22(21-16-27(26-25-21)19-11-13-23-14-12-19)24-20(18-9-5-2-6-10-18)15-17-7-3-1-4-8-17;/h1-10,16,19-20,23H,11-15H2,(H,24,28);1H. The van der Waals surface area contributed by atoms with Crippen LogP contribution in [0.25, 0.3) is 0 Å². The number of hydrogen-bond acceptors (Lipinski definition) is 4. The van der Waals surface area contributed by atoms with E-state index >= 15 is 0 Å². The number of nitrogens with zero attached hydrogens (tertiary/aromatic N) is 3. The van der Waals surface area contributed by atoms with Gasteiger partial charge in [0.25, 0.3) is 5.91 Å². The first-order valence-electron chi connectivity index (χ1n) is 9.82. The second-order valence-electron chi connectivity index (χ2n) is 7.19. The summed E-state index contributed by atoms with van der Waals surface area (Å²) in [5, 5.41) is 14.8. The maximum atomic E-state index is 12.9. The van der Waals surface area contributed by atoms with E-state index in [0.717, 1.165) is 37.9 Å². The first kappa shape index (κ1) is 21.0. The fourth-order valence-electron chi connectivity index (χ4n) is 3.65. The largest absolute Gasteiger partial charge is 0.343 e. The van der Waals surface area contributed by atoms with Crippen LogP contribution >= 0.6 is 12.4 Å². The van der Waals surface area contributed by atoms with Gasteiger partial charge in [-0.15, -0.1) is 17.5 Å². The predicted octanol–water partition coefficient (Wildman–Crippen LogP) is 3.34. The summed E-state index contributed by atoms with van der Waals surface area (Å²) in [6.45, 7) is 1.94. The van der Waals surface area contributed by atoms with Gasteiger partial charge in [0.15, 0.2) is 5.69 Å². The fourth-order valence-corrected chi connectivity index (χ4v) is 3.65. The summed E-state index contributed by atoms with van der Waals surface area (Å²) in [5.74, 6) is -0.190. The van der Waals surface area contributed by atoms with Crippen molar-refractivity contribution in [2.45, 2.75) is 31.3 Å². The Morgan fingerprint density at radius 1 is 1.07 bits per heavy atom. The molecule has 3 aromatic rings. The van der Waals surface area contributed by atoms with E-state index in [4.69, 9.17) is 0 Å². The van der Waals surface area contributed by atoms with E-state index in [1.54, 1.807) is 6.20 Å². The van der Waals surface area contributed by atoms with E-state index in [1.165, 1.54) is 5.56 Å². The third-order valence-electron chi connectivity index (χ3n) is 5.22. The van der Waals surface area contributed by atoms with Crippen molar-refractivity contribution in [2.75, 3.05) is 13.1 Å². The maximum absolute atomic E-state index is 12.9. The third kappa shape index (κ3) is 5.43. The quantitative estimate of drug-likeness (QED) is 0.652. The fraction of sp³-hybridized carbons (Fsp3) is 0.318. The van der Waals surface area contributed by atoms with E-state index in [0.29, 0.717) is 11.7 Å². The Hall–Kier alpha value is -2.70. The van der Waals surface area contributed by atoms with Crippen LogP contribution in [0, 0.1) is 0 Å². The number of hydrogen-bond donors (Lipinski definition) is 2. The molecule has 2 aromatic carbocycles. The van der Waals surface area contributed by atoms with Crippen molar-refractivity contribution in [3.63, 3.8) is 0 Å². The molecule has 29 heavy (non-hydrogen) atoms. The number of halogens is 1. The first-order chi connectivity index (χ1) is 13.8. The summed E-state index contributed by atoms with van der Waals surface area (Å²) in [7, 11) is 0. The number of piperidine rings is 1. The summed E-state index contributed by atoms with van der Waals surface area (Å²) in [6.07, 6.45) is 4.51. The molecule has 4 rings (SSSR count). The summed E-state index contributed by atoms with van der Waals surface area (Å²) in [5.41, 5.74) is 2.62. The summed E-state index contributed by atoms with van der Waals surface area (Å²) in [6, 6.07) is 20.4. The predicted molar refractivity (Wildman–Crippen MR) is 115 cm³/mol. The molecule has 2 heterocycles. The van der Waals surface area contributed by atoms with E-state index in [9.17, 15) is 4.79 Å². The van der Waals surface area contributed by atoms with Crippen LogP contribution in [0.3, 0.4) is 0 Å². The molecule has 6 nitrogen and oxygen atoms in total. The smallest absolute Gasteiger partial charge is 0.273 e. The Kier molecular flexibility index (Phi) is 7.38. The van der Waals surface area contributed by atoms with Gasteiger partial charge < -0.3 is 10.6 Å². The van der Waals surface area contributed by atoms with Crippen LogP contribution in [0.2, 0.25) is 0 Å². The van der Waals surface area contributed by atoms with Crippen molar-refractivity contribution in [3.05, 3.63) is 83.7 Å². The van der Waals surface area contributed by atoms with Crippen molar-refractivity contribution >= 4 is 18.3 Å². The summed E-state index contributed by atoms with van der Waals surface area (Å²) < 4.78 is 1.84. The Bertz CT molecular complexity index is 894. The van der Waals surface area contributed by atoms with Crippen molar-refractivity contribution in [3.8, 4) is 0 Å². The van der Waals surface area contributed by atoms with Gasteiger partial charge in [0.05, 0.1) is 18.3 Å². The molecule has 0 bridgehead atoms. The van der Waals surface area contributed by atoms with Crippen LogP contribution in [-0.2, 0) is 6.42 Å². The van der Waals surface area contributed by atoms with Crippen LogP contribution in [0.15, 0.2) is 66.9 Å². The molecule has 0 saturated carbocycles. The molecule has 1 unspecified atom stereocenters. The van der Waals surface area contributed by atoms with Gasteiger partial charge in [0, 0.05) is 0 Å². The number of amides is 1. The highest BCUT2D eigenvalue weighted by Gasteiger charge is 2.21. The minimum atomic E-state index is -0.190. The molecule has 1 atom stereocenters. The molecule has 0 aliphatic carbocycles. The lowest BCUT2D eigenvalue weighted by Gasteiger charge is -2.22. The van der Waals surface area contributed by atoms with Crippen molar-refractivity contribution in [2.24, 2.45) is 0 Å². The second kappa shape index (κ2) is 10.2. The molecule has 7 heteroatoms. The summed E-state index contributed by atoms with van der Waals surface area (Å²) >= 11 is 0. The monoisotopic (exact) mass is 411 g/mol. The van der Waals surface area contributed by atoms with Gasteiger partial charge in [-0.1, -0.05) is 65.9 Å². The number of carbonyl (C=O) groups excluding carboxylic acids is 1. The minimum absolute atomic E-state index is 0. The lowest BCUT2D eigenvalue weighted by atomic mass is 9.98. The molecule has 1 aromatic heterocycles. The van der Waals surface area contributed by atoms with Gasteiger partial charge in [-0.25, -0.2) is 4.68 Å². The average Bonchev–Trinajstić information content (AvgIpc) is 3.26. The Labute approximate surface area is 177 Å². The highest BCUT2D eigenvalue weighted by atomic mass is 35.5. The second-order valence-corrected chi connectivity index (χ2v) is 7.19. The lowest BCUT2D eigenvalue weighted by Crippen LogP contribution is -2.30. The molecular weight excluding hydrogens is 386 g/mol. The molecule has 152 valence electrons. The highest BCUT2D eigenvalue weighted by Crippen LogP contribution is 2.20. The Morgan fingerprint density at radius 3 is 2.41 bits per heavy atom. The molecule has 2 N–H and O–H groups in total. The van der Waals surface area contributed by atoms with E-state index in [2.05, 4.69) is 33.1 Å². The van der Waals surface area contributed by atoms with Gasteiger partial charge in [-0.3, -0.25) is 4.79 Å². The van der Waals surface area contributed by atoms with Crippen LogP contribution in [0.4, 0.5) is 0 Å². The molecule has 0 radical (unpaired) electrons. The van der Waals surface area contributed by atoms with E-state index < -0.39 is 0 Å². The molecule has 0 spiro atoms. The maximum Gasteiger partial charge on any atom is 0.273 e. The van der Waals surface area contributed by atoms with E-state index in [-0.39, 0.29) is 24.4 Å². The number of aromatic nitrogens is 3. The van der Waals surface area contributed by atoms with Gasteiger partial charge in [-0.05, 0) is 43.5 Å². The van der Waals surface area contributed by atoms with Crippen LogP contribution in [0.1, 0.15) is 46.5 Å². The Balaban J connectivity index is 0.00000240. The van der Waals surface area contributed by atoms with Crippen molar-refractivity contribution < 1.29 is 4.79 Å². The minimum Gasteiger partial charge on any atom is -0.343 e. The topological polar surface area (TPSA) is 71.8 Å². The normalized spacial score (nSPS) is 15.3. The van der Waals surface area contributed by atoms with Crippen molar-refractivity contribution in [1.82, 2.24) is 25.6 Å². The molecule has 1 fully saturated rings. The number of nitrogens with one attached hydrogen (secondary N) is 2. The molecular formula is C22H26ClN5O. The van der Waals surface area contributed by atoms with Crippen LogP contribution in [0.5, 0.6) is 0 Å². The average molecular weight is 412 g/mol. The lowest BCUT2D eigenvalue weighted by molar-refractivity contribution is 0.0931. The highest BCUT2D eigenvalue weighted by molar-refractivity contribution is 5.92. The molecule has 1 saturated heterocycles. The van der Waals surface area contributed by atoms with Crippen LogP contribution in [-0.4, -0.2) is 34.0 Å². The van der Waals surface area contributed by atoms with Gasteiger partial charge in [0.1, 0.15) is 0 Å². The van der Waals surface area contributed by atoms with Gasteiger partial charge >= 0.3 is 0 Å². The Morgan fingerprint density at radius 2 is 1.72 bits per heavy atom. The molecule has 1 aliphatic rings. The third-order valence-corrected chi connectivity index (χ3v) is 5.22. The number of carbonyl (C=O) groups is 1. The van der Waals surface area contributed by atoms with Crippen LogP contribution < -0.4 is 10.6 Å². The number of benzene rings is 2. The zero-order valence-corrected chi connectivity index (χ0v) is 17.0. The van der Waals surface area contributed by atoms with Gasteiger partial charge in [-0.2, -0.15) is 0 Å². The van der Waals surface area contributed by atoms with E-state index in [1.807, 2.05) is 53.2 Å². The first-order valence-corrected chi connectivity index (χ1v) is 9.82. The van der Waals surface area contributed by atoms with Crippen molar-refractivity contribution in [1.29, 1.82) is 0 Å². The van der Waals surface area contributed by atoms with Gasteiger partial charge in [0.2, 0.25) is 0 Å². The molecule has 1 aliphatic heterocycles. The zero-order valence-electron chi connectivity index (χ0n) is 16.2. The number of rotatable bonds is 6. The SMILES string of the molecule is Cl.O=C(NC(Cc1ccccc1)c1ccccc1)c1cn(C2CCNCC2)nn1.